The van der Waals surface area contributed by atoms with E-state index in [4.69, 9.17) is 26.4 Å². The zero-order chi connectivity index (χ0) is 22.9. The number of anilines is 1. The Morgan fingerprint density at radius 1 is 0.969 bits per heavy atom. The molecule has 0 unspecified atom stereocenters. The molecule has 0 saturated heterocycles. The number of esters is 1. The van der Waals surface area contributed by atoms with Crippen molar-refractivity contribution in [3.63, 3.8) is 0 Å². The van der Waals surface area contributed by atoms with Crippen molar-refractivity contribution in [3.05, 3.63) is 83.7 Å². The lowest BCUT2D eigenvalue weighted by Crippen LogP contribution is -2.23. The van der Waals surface area contributed by atoms with Crippen LogP contribution in [0.4, 0.5) is 10.1 Å². The first kappa shape index (κ1) is 22.7. The van der Waals surface area contributed by atoms with Crippen molar-refractivity contribution in [3.8, 4) is 17.2 Å². The Hall–Kier alpha value is -3.98. The second-order valence-electron chi connectivity index (χ2n) is 6.36. The van der Waals surface area contributed by atoms with Gasteiger partial charge in [-0.1, -0.05) is 0 Å². The average Bonchev–Trinajstić information content (AvgIpc) is 2.81. The molecular weight excluding hydrogens is 433 g/mol. The van der Waals surface area contributed by atoms with E-state index in [2.05, 4.69) is 15.8 Å². The van der Waals surface area contributed by atoms with Gasteiger partial charge < -0.3 is 19.5 Å². The van der Waals surface area contributed by atoms with Gasteiger partial charge in [-0.05, 0) is 84.5 Å². The SMILES string of the molecule is COc1ccc(C(=O)Oc2ccc(C=NNC(=S)Nc3ccc(F)cc3)cc2)cc1OC. The molecule has 0 spiro atoms. The number of thiocarbonyl (C=S) groups is 1. The van der Waals surface area contributed by atoms with Gasteiger partial charge in [0, 0.05) is 5.69 Å². The average molecular weight is 453 g/mol. The van der Waals surface area contributed by atoms with Crippen molar-refractivity contribution in [2.45, 2.75) is 0 Å². The molecule has 0 saturated carbocycles. The highest BCUT2D eigenvalue weighted by atomic mass is 32.1. The molecule has 0 aliphatic rings. The van der Waals surface area contributed by atoms with Gasteiger partial charge in [0.15, 0.2) is 16.6 Å². The quantitative estimate of drug-likeness (QED) is 0.181. The number of hydrogen-bond donors (Lipinski definition) is 2. The molecule has 0 bridgehead atoms. The van der Waals surface area contributed by atoms with E-state index in [1.54, 1.807) is 60.8 Å². The Kier molecular flexibility index (Phi) is 7.71. The number of nitrogens with one attached hydrogen (secondary N) is 2. The van der Waals surface area contributed by atoms with E-state index in [1.807, 2.05) is 0 Å². The predicted molar refractivity (Wildman–Crippen MR) is 124 cm³/mol. The van der Waals surface area contributed by atoms with E-state index in [0.29, 0.717) is 28.5 Å². The van der Waals surface area contributed by atoms with Gasteiger partial charge in [0.2, 0.25) is 0 Å². The van der Waals surface area contributed by atoms with Crippen LogP contribution in [-0.2, 0) is 0 Å². The highest BCUT2D eigenvalue weighted by Crippen LogP contribution is 2.28. The van der Waals surface area contributed by atoms with E-state index >= 15 is 0 Å². The fraction of sp³-hybridized carbons (Fsp3) is 0.0870. The molecule has 32 heavy (non-hydrogen) atoms. The third kappa shape index (κ3) is 6.26. The summed E-state index contributed by atoms with van der Waals surface area (Å²) < 4.78 is 28.7. The number of methoxy groups -OCH3 is 2. The van der Waals surface area contributed by atoms with Crippen LogP contribution in [0.1, 0.15) is 15.9 Å². The van der Waals surface area contributed by atoms with Crippen LogP contribution in [0, 0.1) is 5.82 Å². The van der Waals surface area contributed by atoms with Gasteiger partial charge in [0.1, 0.15) is 11.6 Å². The molecule has 0 amide bonds. The Bertz CT molecular complexity index is 1120. The maximum Gasteiger partial charge on any atom is 0.343 e. The van der Waals surface area contributed by atoms with E-state index in [1.165, 1.54) is 26.4 Å². The van der Waals surface area contributed by atoms with Crippen LogP contribution in [0.3, 0.4) is 0 Å². The molecule has 3 rings (SSSR count). The highest BCUT2D eigenvalue weighted by Gasteiger charge is 2.12. The molecule has 7 nitrogen and oxygen atoms in total. The number of benzene rings is 3. The van der Waals surface area contributed by atoms with Gasteiger partial charge in [0.05, 0.1) is 26.0 Å². The number of halogens is 1. The molecule has 3 aromatic carbocycles. The zero-order valence-corrected chi connectivity index (χ0v) is 18.1. The van der Waals surface area contributed by atoms with Crippen LogP contribution < -0.4 is 25.0 Å². The molecule has 3 aromatic rings. The summed E-state index contributed by atoms with van der Waals surface area (Å²) in [7, 11) is 3.01. The Morgan fingerprint density at radius 2 is 1.66 bits per heavy atom. The largest absolute Gasteiger partial charge is 0.493 e. The van der Waals surface area contributed by atoms with E-state index in [0.717, 1.165) is 5.56 Å². The minimum Gasteiger partial charge on any atom is -0.493 e. The summed E-state index contributed by atoms with van der Waals surface area (Å²) in [4.78, 5) is 12.4. The number of carbonyl (C=O) groups excluding carboxylic acids is 1. The van der Waals surface area contributed by atoms with Gasteiger partial charge in [-0.25, -0.2) is 9.18 Å². The van der Waals surface area contributed by atoms with Gasteiger partial charge in [-0.3, -0.25) is 5.43 Å². The van der Waals surface area contributed by atoms with Crippen molar-refractivity contribution in [1.29, 1.82) is 0 Å². The van der Waals surface area contributed by atoms with Crippen LogP contribution in [0.25, 0.3) is 0 Å². The summed E-state index contributed by atoms with van der Waals surface area (Å²) in [5, 5.41) is 7.18. The van der Waals surface area contributed by atoms with Gasteiger partial charge in [0.25, 0.3) is 0 Å². The molecular formula is C23H20FN3O4S. The normalized spacial score (nSPS) is 10.5. The smallest absolute Gasteiger partial charge is 0.343 e. The summed E-state index contributed by atoms with van der Waals surface area (Å²) in [6.07, 6.45) is 1.55. The molecule has 0 aliphatic heterocycles. The van der Waals surface area contributed by atoms with E-state index in [-0.39, 0.29) is 10.9 Å². The zero-order valence-electron chi connectivity index (χ0n) is 17.3. The summed E-state index contributed by atoms with van der Waals surface area (Å²) in [5.41, 5.74) is 4.40. The topological polar surface area (TPSA) is 81.2 Å². The Balaban J connectivity index is 1.53. The third-order valence-electron chi connectivity index (χ3n) is 4.19. The molecule has 0 fully saturated rings. The summed E-state index contributed by atoms with van der Waals surface area (Å²) >= 11 is 5.13. The fourth-order valence-electron chi connectivity index (χ4n) is 2.61. The molecule has 0 heterocycles. The van der Waals surface area contributed by atoms with E-state index < -0.39 is 5.97 Å². The summed E-state index contributed by atoms with van der Waals surface area (Å²) in [6, 6.07) is 17.3. The number of hydrogen-bond acceptors (Lipinski definition) is 6. The first-order valence-electron chi connectivity index (χ1n) is 9.38. The van der Waals surface area contributed by atoms with Crippen molar-refractivity contribution < 1.29 is 23.4 Å². The molecule has 164 valence electrons. The lowest BCUT2D eigenvalue weighted by molar-refractivity contribution is 0.0734. The molecule has 0 aliphatic carbocycles. The third-order valence-corrected chi connectivity index (χ3v) is 4.39. The van der Waals surface area contributed by atoms with Crippen LogP contribution in [0.15, 0.2) is 71.8 Å². The van der Waals surface area contributed by atoms with Crippen molar-refractivity contribution in [2.75, 3.05) is 19.5 Å². The molecule has 0 aromatic heterocycles. The highest BCUT2D eigenvalue weighted by molar-refractivity contribution is 7.80. The lowest BCUT2D eigenvalue weighted by Gasteiger charge is -2.09. The Labute approximate surface area is 189 Å². The second kappa shape index (κ2) is 10.9. The monoisotopic (exact) mass is 453 g/mol. The first-order chi connectivity index (χ1) is 15.5. The number of nitrogens with zero attached hydrogens (tertiary/aromatic N) is 1. The lowest BCUT2D eigenvalue weighted by atomic mass is 10.2. The second-order valence-corrected chi connectivity index (χ2v) is 6.77. The van der Waals surface area contributed by atoms with Gasteiger partial charge in [-0.2, -0.15) is 5.10 Å². The van der Waals surface area contributed by atoms with Crippen LogP contribution in [0.2, 0.25) is 0 Å². The maximum absolute atomic E-state index is 12.9. The number of hydrazone groups is 1. The summed E-state index contributed by atoms with van der Waals surface area (Å²) in [6.45, 7) is 0. The number of carbonyl (C=O) groups is 1. The molecule has 2 N–H and O–H groups in total. The first-order valence-corrected chi connectivity index (χ1v) is 9.79. The molecule has 0 radical (unpaired) electrons. The number of rotatable bonds is 7. The van der Waals surface area contributed by atoms with Crippen LogP contribution >= 0.6 is 12.2 Å². The van der Waals surface area contributed by atoms with Crippen LogP contribution in [0.5, 0.6) is 17.2 Å². The minimum atomic E-state index is -0.522. The fourth-order valence-corrected chi connectivity index (χ4v) is 2.78. The van der Waals surface area contributed by atoms with Gasteiger partial charge in [-0.15, -0.1) is 0 Å². The predicted octanol–water partition coefficient (Wildman–Crippen LogP) is 4.38. The van der Waals surface area contributed by atoms with Crippen LogP contribution in [-0.4, -0.2) is 31.5 Å². The standard InChI is InChI=1S/C23H20FN3O4S/c1-29-20-12-5-16(13-21(20)30-2)22(28)31-19-10-3-15(4-11-19)14-25-27-23(32)26-18-8-6-17(24)7-9-18/h3-14H,1-2H3,(H2,26,27,32). The maximum atomic E-state index is 12.9. The van der Waals surface area contributed by atoms with Crippen molar-refractivity contribution >= 4 is 35.2 Å². The van der Waals surface area contributed by atoms with E-state index in [9.17, 15) is 9.18 Å². The van der Waals surface area contributed by atoms with Crippen molar-refractivity contribution in [1.82, 2.24) is 5.43 Å². The Morgan fingerprint density at radius 3 is 2.31 bits per heavy atom. The molecule has 0 atom stereocenters. The molecule has 9 heteroatoms. The number of ether oxygens (including phenoxy) is 3. The van der Waals surface area contributed by atoms with Gasteiger partial charge >= 0.3 is 5.97 Å². The van der Waals surface area contributed by atoms with Crippen molar-refractivity contribution in [2.24, 2.45) is 5.10 Å². The minimum absolute atomic E-state index is 0.258. The summed E-state index contributed by atoms with van der Waals surface area (Å²) in [5.74, 6) is 0.487.